The van der Waals surface area contributed by atoms with Crippen LogP contribution in [0.15, 0.2) is 96.7 Å². The molecule has 4 nitrogen and oxygen atoms in total. The van der Waals surface area contributed by atoms with E-state index >= 15 is 0 Å². The van der Waals surface area contributed by atoms with E-state index in [-0.39, 0.29) is 17.7 Å². The highest BCUT2D eigenvalue weighted by Gasteiger charge is 2.36. The Labute approximate surface area is 183 Å². The summed E-state index contributed by atoms with van der Waals surface area (Å²) in [5.41, 5.74) is 2.83. The van der Waals surface area contributed by atoms with Crippen LogP contribution in [0.2, 0.25) is 0 Å². The zero-order chi connectivity index (χ0) is 22.7. The second-order valence-electron chi connectivity index (χ2n) is 7.43. The van der Waals surface area contributed by atoms with Crippen molar-refractivity contribution in [3.8, 4) is 5.75 Å². The molecule has 0 aromatic heterocycles. The minimum Gasteiger partial charge on any atom is -0.406 e. The van der Waals surface area contributed by atoms with E-state index in [1.54, 1.807) is 4.90 Å². The number of nitrogens with one attached hydrogen (secondary N) is 1. The highest BCUT2D eigenvalue weighted by molar-refractivity contribution is 6.08. The van der Waals surface area contributed by atoms with Gasteiger partial charge in [-0.1, -0.05) is 60.7 Å². The highest BCUT2D eigenvalue weighted by atomic mass is 19.4. The SMILES string of the molecule is C[C@@H](NC1=CC(c2ccccc2)N(c2ccc(OC(F)(F)F)cc2)C1=O)c1ccccc1. The summed E-state index contributed by atoms with van der Waals surface area (Å²) in [6.45, 7) is 1.97. The van der Waals surface area contributed by atoms with Crippen LogP contribution in [-0.4, -0.2) is 12.3 Å². The summed E-state index contributed by atoms with van der Waals surface area (Å²) < 4.78 is 41.4. The molecule has 3 aromatic rings. The van der Waals surface area contributed by atoms with E-state index in [1.807, 2.05) is 73.7 Å². The second kappa shape index (κ2) is 8.78. The van der Waals surface area contributed by atoms with Crippen molar-refractivity contribution in [1.29, 1.82) is 0 Å². The Bertz CT molecular complexity index is 1100. The lowest BCUT2D eigenvalue weighted by Crippen LogP contribution is -2.33. The summed E-state index contributed by atoms with van der Waals surface area (Å²) >= 11 is 0. The largest absolute Gasteiger partial charge is 0.573 e. The molecule has 0 spiro atoms. The number of hydrogen-bond donors (Lipinski definition) is 1. The Morgan fingerprint density at radius 3 is 2.09 bits per heavy atom. The van der Waals surface area contributed by atoms with Crippen LogP contribution in [0.1, 0.15) is 30.1 Å². The van der Waals surface area contributed by atoms with Crippen molar-refractivity contribution >= 4 is 11.6 Å². The molecule has 1 amide bonds. The first kappa shape index (κ1) is 21.5. The monoisotopic (exact) mass is 438 g/mol. The lowest BCUT2D eigenvalue weighted by molar-refractivity contribution is -0.274. The quantitative estimate of drug-likeness (QED) is 0.520. The van der Waals surface area contributed by atoms with E-state index in [2.05, 4.69) is 10.1 Å². The molecule has 0 aliphatic carbocycles. The van der Waals surface area contributed by atoms with Crippen LogP contribution in [0.5, 0.6) is 5.75 Å². The fourth-order valence-corrected chi connectivity index (χ4v) is 3.71. The molecule has 1 heterocycles. The molecular weight excluding hydrogens is 417 g/mol. The van der Waals surface area contributed by atoms with Crippen LogP contribution in [0.3, 0.4) is 0 Å². The van der Waals surface area contributed by atoms with Crippen LogP contribution < -0.4 is 15.0 Å². The fourth-order valence-electron chi connectivity index (χ4n) is 3.71. The number of nitrogens with zero attached hydrogens (tertiary/aromatic N) is 1. The third-order valence-corrected chi connectivity index (χ3v) is 5.21. The zero-order valence-corrected chi connectivity index (χ0v) is 17.2. The van der Waals surface area contributed by atoms with Gasteiger partial charge in [0.2, 0.25) is 0 Å². The third-order valence-electron chi connectivity index (χ3n) is 5.21. The predicted molar refractivity (Wildman–Crippen MR) is 116 cm³/mol. The van der Waals surface area contributed by atoms with Gasteiger partial charge in [0.1, 0.15) is 5.75 Å². The first-order valence-corrected chi connectivity index (χ1v) is 10.1. The zero-order valence-electron chi connectivity index (χ0n) is 17.2. The highest BCUT2D eigenvalue weighted by Crippen LogP contribution is 2.36. The number of carbonyl (C=O) groups is 1. The van der Waals surface area contributed by atoms with Gasteiger partial charge in [0.15, 0.2) is 0 Å². The van der Waals surface area contributed by atoms with Crippen LogP contribution >= 0.6 is 0 Å². The molecule has 1 unspecified atom stereocenters. The van der Waals surface area contributed by atoms with E-state index in [4.69, 9.17) is 0 Å². The van der Waals surface area contributed by atoms with Gasteiger partial charge >= 0.3 is 6.36 Å². The molecule has 4 rings (SSSR count). The fraction of sp³-hybridized carbons (Fsp3) is 0.160. The maximum absolute atomic E-state index is 13.4. The average Bonchev–Trinajstić information content (AvgIpc) is 3.10. The van der Waals surface area contributed by atoms with E-state index in [0.717, 1.165) is 11.1 Å². The predicted octanol–water partition coefficient (Wildman–Crippen LogP) is 5.91. The minimum absolute atomic E-state index is 0.106. The van der Waals surface area contributed by atoms with Crippen LogP contribution in [0, 0.1) is 0 Å². The van der Waals surface area contributed by atoms with Gasteiger partial charge in [0, 0.05) is 11.7 Å². The molecule has 32 heavy (non-hydrogen) atoms. The number of ether oxygens (including phenoxy) is 1. The lowest BCUT2D eigenvalue weighted by Gasteiger charge is -2.26. The molecule has 1 N–H and O–H groups in total. The van der Waals surface area contributed by atoms with E-state index in [1.165, 1.54) is 24.3 Å². The number of alkyl halides is 3. The lowest BCUT2D eigenvalue weighted by atomic mass is 10.1. The van der Waals surface area contributed by atoms with Gasteiger partial charge in [0.05, 0.1) is 11.7 Å². The Kier molecular flexibility index (Phi) is 5.90. The summed E-state index contributed by atoms with van der Waals surface area (Å²) in [6.07, 6.45) is -2.93. The van der Waals surface area contributed by atoms with Crippen molar-refractivity contribution in [3.05, 3.63) is 108 Å². The van der Waals surface area contributed by atoms with Gasteiger partial charge in [-0.25, -0.2) is 0 Å². The van der Waals surface area contributed by atoms with Crippen molar-refractivity contribution in [1.82, 2.24) is 5.32 Å². The molecule has 1 aliphatic heterocycles. The van der Waals surface area contributed by atoms with Gasteiger partial charge in [-0.15, -0.1) is 13.2 Å². The standard InChI is InChI=1S/C25H21F3N2O2/c1-17(18-8-4-2-5-9-18)29-22-16-23(19-10-6-3-7-11-19)30(24(22)31)20-12-14-21(15-13-20)32-25(26,27)28/h2-17,23,29H,1H3/t17-,23?/m1/s1. The van der Waals surface area contributed by atoms with Gasteiger partial charge in [0.25, 0.3) is 5.91 Å². The van der Waals surface area contributed by atoms with Crippen molar-refractivity contribution < 1.29 is 22.7 Å². The minimum atomic E-state index is -4.77. The molecule has 3 aromatic carbocycles. The number of halogens is 3. The third kappa shape index (κ3) is 4.77. The Morgan fingerprint density at radius 2 is 1.50 bits per heavy atom. The Balaban J connectivity index is 1.63. The normalized spacial score (nSPS) is 17.1. The van der Waals surface area contributed by atoms with E-state index < -0.39 is 12.4 Å². The van der Waals surface area contributed by atoms with Crippen LogP contribution in [0.4, 0.5) is 18.9 Å². The maximum atomic E-state index is 13.4. The molecule has 7 heteroatoms. The molecule has 0 bridgehead atoms. The number of benzene rings is 3. The van der Waals surface area contributed by atoms with E-state index in [0.29, 0.717) is 11.4 Å². The van der Waals surface area contributed by atoms with Crippen LogP contribution in [-0.2, 0) is 4.79 Å². The topological polar surface area (TPSA) is 41.6 Å². The molecule has 0 saturated carbocycles. The summed E-state index contributed by atoms with van der Waals surface area (Å²) in [7, 11) is 0. The van der Waals surface area contributed by atoms with Crippen molar-refractivity contribution in [2.45, 2.75) is 25.4 Å². The Morgan fingerprint density at radius 1 is 0.906 bits per heavy atom. The van der Waals surface area contributed by atoms with Crippen molar-refractivity contribution in [2.24, 2.45) is 0 Å². The number of anilines is 1. The van der Waals surface area contributed by atoms with Crippen LogP contribution in [0.25, 0.3) is 0 Å². The van der Waals surface area contributed by atoms with Crippen molar-refractivity contribution in [2.75, 3.05) is 4.90 Å². The average molecular weight is 438 g/mol. The number of hydrogen-bond acceptors (Lipinski definition) is 3. The summed E-state index contributed by atoms with van der Waals surface area (Å²) in [6, 6.07) is 24.0. The van der Waals surface area contributed by atoms with Gasteiger partial charge in [-0.2, -0.15) is 0 Å². The number of rotatable bonds is 6. The number of carbonyl (C=O) groups excluding carboxylic acids is 1. The van der Waals surface area contributed by atoms with E-state index in [9.17, 15) is 18.0 Å². The molecule has 0 radical (unpaired) electrons. The molecule has 0 saturated heterocycles. The summed E-state index contributed by atoms with van der Waals surface area (Å²) in [5, 5.41) is 3.28. The van der Waals surface area contributed by atoms with Gasteiger partial charge in [-0.3, -0.25) is 9.69 Å². The maximum Gasteiger partial charge on any atom is 0.573 e. The first-order chi connectivity index (χ1) is 15.3. The number of amides is 1. The molecular formula is C25H21F3N2O2. The van der Waals surface area contributed by atoms with Gasteiger partial charge < -0.3 is 10.1 Å². The summed E-state index contributed by atoms with van der Waals surface area (Å²) in [5.74, 6) is -0.598. The summed E-state index contributed by atoms with van der Waals surface area (Å²) in [4.78, 5) is 14.9. The molecule has 2 atom stereocenters. The molecule has 164 valence electrons. The van der Waals surface area contributed by atoms with Gasteiger partial charge in [-0.05, 0) is 48.4 Å². The first-order valence-electron chi connectivity index (χ1n) is 10.1. The smallest absolute Gasteiger partial charge is 0.406 e. The molecule has 1 aliphatic rings. The van der Waals surface area contributed by atoms with Crippen molar-refractivity contribution in [3.63, 3.8) is 0 Å². The second-order valence-corrected chi connectivity index (χ2v) is 7.43. The Hall–Kier alpha value is -3.74. The molecule has 0 fully saturated rings.